The Bertz CT molecular complexity index is 421. The maximum atomic E-state index is 13.8. The van der Waals surface area contributed by atoms with E-state index < -0.39 is 13.4 Å². The molecule has 0 saturated heterocycles. The van der Waals surface area contributed by atoms with E-state index in [1.807, 2.05) is 6.07 Å². The molecule has 0 aliphatic heterocycles. The third-order valence-electron chi connectivity index (χ3n) is 2.20. The molecule has 100 valence electrons. The average molecular weight is 272 g/mol. The second kappa shape index (κ2) is 7.47. The van der Waals surface area contributed by atoms with Gasteiger partial charge in [0.2, 0.25) is 0 Å². The predicted octanol–water partition coefficient (Wildman–Crippen LogP) is 4.26. The van der Waals surface area contributed by atoms with Gasteiger partial charge < -0.3 is 9.05 Å². The van der Waals surface area contributed by atoms with Crippen LogP contribution in [0.5, 0.6) is 0 Å². The molecule has 0 aliphatic rings. The van der Waals surface area contributed by atoms with Crippen molar-refractivity contribution >= 4 is 13.4 Å². The second-order valence-electron chi connectivity index (χ2n) is 3.55. The molecule has 18 heavy (non-hydrogen) atoms. The molecule has 0 bridgehead atoms. The Kier molecular flexibility index (Phi) is 6.27. The van der Waals surface area contributed by atoms with E-state index >= 15 is 0 Å². The maximum absolute atomic E-state index is 13.8. The van der Waals surface area contributed by atoms with Gasteiger partial charge in [-0.05, 0) is 19.9 Å². The molecule has 0 aromatic heterocycles. The molecule has 0 spiro atoms. The summed E-state index contributed by atoms with van der Waals surface area (Å²) in [4.78, 5) is 0. The van der Waals surface area contributed by atoms with Crippen LogP contribution in [0.25, 0.3) is 5.83 Å². The van der Waals surface area contributed by atoms with E-state index in [4.69, 9.17) is 9.05 Å². The average Bonchev–Trinajstić information content (AvgIpc) is 2.38. The molecule has 0 saturated carbocycles. The van der Waals surface area contributed by atoms with E-state index in [0.717, 1.165) is 0 Å². The van der Waals surface area contributed by atoms with Gasteiger partial charge in [-0.15, -0.1) is 0 Å². The zero-order valence-corrected chi connectivity index (χ0v) is 11.5. The zero-order chi connectivity index (χ0) is 13.4. The highest BCUT2D eigenvalue weighted by Gasteiger charge is 2.22. The first-order valence-electron chi connectivity index (χ1n) is 5.90. The van der Waals surface area contributed by atoms with Crippen LogP contribution in [0.1, 0.15) is 19.4 Å². The van der Waals surface area contributed by atoms with Gasteiger partial charge in [-0.1, -0.05) is 30.3 Å². The van der Waals surface area contributed by atoms with Crippen LogP contribution in [0, 0.1) is 0 Å². The van der Waals surface area contributed by atoms with E-state index in [0.29, 0.717) is 5.56 Å². The standard InChI is InChI=1S/C13H18FO3P/c1-3-16-18(15,17-4-2)11-10-13(14)12-8-6-5-7-9-12/h5-10H,3-4,11H2,1-2H3/b13-10-. The minimum absolute atomic E-state index is 0.0601. The van der Waals surface area contributed by atoms with Gasteiger partial charge >= 0.3 is 7.60 Å². The van der Waals surface area contributed by atoms with Crippen molar-refractivity contribution in [2.75, 3.05) is 19.4 Å². The van der Waals surface area contributed by atoms with Crippen molar-refractivity contribution < 1.29 is 18.0 Å². The van der Waals surface area contributed by atoms with Gasteiger partial charge in [-0.3, -0.25) is 4.57 Å². The second-order valence-corrected chi connectivity index (χ2v) is 5.65. The van der Waals surface area contributed by atoms with Crippen molar-refractivity contribution in [1.29, 1.82) is 0 Å². The molecule has 1 aromatic carbocycles. The van der Waals surface area contributed by atoms with Gasteiger partial charge in [0.1, 0.15) is 5.83 Å². The van der Waals surface area contributed by atoms with Gasteiger partial charge in [0.15, 0.2) is 0 Å². The number of hydrogen-bond donors (Lipinski definition) is 0. The molecule has 3 nitrogen and oxygen atoms in total. The van der Waals surface area contributed by atoms with Crippen LogP contribution in [-0.2, 0) is 13.6 Å². The number of hydrogen-bond acceptors (Lipinski definition) is 3. The van der Waals surface area contributed by atoms with Gasteiger partial charge in [-0.2, -0.15) is 0 Å². The summed E-state index contributed by atoms with van der Waals surface area (Å²) in [5.41, 5.74) is 0.456. The van der Waals surface area contributed by atoms with Gasteiger partial charge in [0, 0.05) is 5.56 Å². The summed E-state index contributed by atoms with van der Waals surface area (Å²) in [5.74, 6) is -0.421. The van der Waals surface area contributed by atoms with E-state index in [2.05, 4.69) is 0 Å². The number of rotatable bonds is 7. The van der Waals surface area contributed by atoms with Crippen molar-refractivity contribution in [2.24, 2.45) is 0 Å². The minimum Gasteiger partial charge on any atom is -0.309 e. The van der Waals surface area contributed by atoms with Crippen LogP contribution >= 0.6 is 7.60 Å². The van der Waals surface area contributed by atoms with Crippen molar-refractivity contribution in [3.8, 4) is 0 Å². The first kappa shape index (κ1) is 15.1. The Morgan fingerprint density at radius 1 is 1.22 bits per heavy atom. The summed E-state index contributed by atoms with van der Waals surface area (Å²) >= 11 is 0. The Labute approximate surface area is 107 Å². The van der Waals surface area contributed by atoms with E-state index in [1.54, 1.807) is 38.1 Å². The van der Waals surface area contributed by atoms with E-state index in [1.165, 1.54) is 6.08 Å². The lowest BCUT2D eigenvalue weighted by molar-refractivity contribution is 0.222. The monoisotopic (exact) mass is 272 g/mol. The highest BCUT2D eigenvalue weighted by atomic mass is 31.2. The molecule has 0 unspecified atom stereocenters. The Morgan fingerprint density at radius 3 is 2.28 bits per heavy atom. The minimum atomic E-state index is -3.21. The summed E-state index contributed by atoms with van der Waals surface area (Å²) in [6.07, 6.45) is 1.19. The van der Waals surface area contributed by atoms with Gasteiger partial charge in [0.05, 0.1) is 19.4 Å². The molecular weight excluding hydrogens is 254 g/mol. The molecule has 0 radical (unpaired) electrons. The van der Waals surface area contributed by atoms with Gasteiger partial charge in [0.25, 0.3) is 0 Å². The largest absolute Gasteiger partial charge is 0.334 e. The number of halogens is 1. The van der Waals surface area contributed by atoms with Crippen LogP contribution in [0.15, 0.2) is 36.4 Å². The lowest BCUT2D eigenvalue weighted by Crippen LogP contribution is -1.98. The van der Waals surface area contributed by atoms with Crippen molar-refractivity contribution in [3.05, 3.63) is 42.0 Å². The van der Waals surface area contributed by atoms with Crippen LogP contribution in [-0.4, -0.2) is 19.4 Å². The molecule has 0 aliphatic carbocycles. The Balaban J connectivity index is 2.74. The molecule has 0 heterocycles. The van der Waals surface area contributed by atoms with Crippen molar-refractivity contribution in [2.45, 2.75) is 13.8 Å². The van der Waals surface area contributed by atoms with Crippen molar-refractivity contribution in [1.82, 2.24) is 0 Å². The summed E-state index contributed by atoms with van der Waals surface area (Å²) in [6, 6.07) is 8.60. The molecule has 0 N–H and O–H groups in total. The molecule has 5 heteroatoms. The van der Waals surface area contributed by atoms with Crippen molar-refractivity contribution in [3.63, 3.8) is 0 Å². The Hall–Kier alpha value is -0.960. The fourth-order valence-electron chi connectivity index (χ4n) is 1.44. The fourth-order valence-corrected chi connectivity index (χ4v) is 2.90. The zero-order valence-electron chi connectivity index (χ0n) is 10.6. The SMILES string of the molecule is CCOP(=O)(C/C=C(\F)c1ccccc1)OCC. The molecule has 0 atom stereocenters. The summed E-state index contributed by atoms with van der Waals surface area (Å²) in [5, 5.41) is 0. The third kappa shape index (κ3) is 4.73. The quantitative estimate of drug-likeness (QED) is 0.695. The first-order chi connectivity index (χ1) is 8.61. The molecule has 1 aromatic rings. The predicted molar refractivity (Wildman–Crippen MR) is 71.3 cm³/mol. The normalized spacial score (nSPS) is 12.7. The van der Waals surface area contributed by atoms with Crippen LogP contribution in [0.2, 0.25) is 0 Å². The smallest absolute Gasteiger partial charge is 0.309 e. The third-order valence-corrected chi connectivity index (χ3v) is 4.13. The van der Waals surface area contributed by atoms with Crippen LogP contribution in [0.3, 0.4) is 0 Å². The van der Waals surface area contributed by atoms with Crippen LogP contribution < -0.4 is 0 Å². The first-order valence-corrected chi connectivity index (χ1v) is 7.63. The number of benzene rings is 1. The van der Waals surface area contributed by atoms with Crippen LogP contribution in [0.4, 0.5) is 4.39 Å². The molecule has 0 amide bonds. The van der Waals surface area contributed by atoms with Gasteiger partial charge in [-0.25, -0.2) is 4.39 Å². The summed E-state index contributed by atoms with van der Waals surface area (Å²) < 4.78 is 36.0. The highest BCUT2D eigenvalue weighted by Crippen LogP contribution is 2.48. The molecule has 0 fully saturated rings. The fraction of sp³-hybridized carbons (Fsp3) is 0.385. The highest BCUT2D eigenvalue weighted by molar-refractivity contribution is 7.54. The van der Waals surface area contributed by atoms with E-state index in [9.17, 15) is 8.96 Å². The Morgan fingerprint density at radius 2 is 1.78 bits per heavy atom. The summed E-state index contributed by atoms with van der Waals surface area (Å²) in [6.45, 7) is 4.00. The topological polar surface area (TPSA) is 35.5 Å². The lowest BCUT2D eigenvalue weighted by atomic mass is 10.2. The lowest BCUT2D eigenvalue weighted by Gasteiger charge is -2.14. The van der Waals surface area contributed by atoms with E-state index in [-0.39, 0.29) is 19.4 Å². The number of allylic oxidation sites excluding steroid dienone is 1. The molecule has 1 rings (SSSR count). The maximum Gasteiger partial charge on any atom is 0.334 e. The summed E-state index contributed by atoms with van der Waals surface area (Å²) in [7, 11) is -3.21. The molecular formula is C13H18FO3P.